The van der Waals surface area contributed by atoms with Gasteiger partial charge in [0.05, 0.1) is 5.41 Å². The molecule has 0 bridgehead atoms. The number of carboxylic acids is 1. The van der Waals surface area contributed by atoms with Crippen LogP contribution < -0.4 is 0 Å². The second-order valence-electron chi connectivity index (χ2n) is 6.70. The van der Waals surface area contributed by atoms with Crippen LogP contribution in [-0.4, -0.2) is 25.8 Å². The molecule has 1 aliphatic carbocycles. The Bertz CT molecular complexity index is 459. The predicted octanol–water partition coefficient (Wildman–Crippen LogP) is 2.76. The lowest BCUT2D eigenvalue weighted by Gasteiger charge is -2.35. The van der Waals surface area contributed by atoms with E-state index in [0.717, 1.165) is 38.1 Å². The fourth-order valence-corrected chi connectivity index (χ4v) is 3.01. The zero-order valence-corrected chi connectivity index (χ0v) is 12.7. The number of carboxylic acid groups (broad SMARTS) is 1. The standard InChI is InChI=1S/C15H25N3O2/c1-11(2)9-18-13(16-10-17-18)8-15(14(19)20)6-4-12(3)5-7-15/h10-12H,4-9H2,1-3H3,(H,19,20). The fourth-order valence-electron chi connectivity index (χ4n) is 3.01. The molecule has 0 spiro atoms. The van der Waals surface area contributed by atoms with Gasteiger partial charge in [-0.3, -0.25) is 4.79 Å². The van der Waals surface area contributed by atoms with E-state index in [9.17, 15) is 9.90 Å². The Morgan fingerprint density at radius 3 is 2.70 bits per heavy atom. The summed E-state index contributed by atoms with van der Waals surface area (Å²) in [7, 11) is 0. The van der Waals surface area contributed by atoms with Crippen molar-refractivity contribution in [1.82, 2.24) is 14.8 Å². The van der Waals surface area contributed by atoms with Crippen LogP contribution in [0.2, 0.25) is 0 Å². The van der Waals surface area contributed by atoms with Crippen LogP contribution in [-0.2, 0) is 17.8 Å². The molecule has 0 radical (unpaired) electrons. The molecule has 1 N–H and O–H groups in total. The Balaban J connectivity index is 2.17. The van der Waals surface area contributed by atoms with Crippen LogP contribution in [0.1, 0.15) is 52.3 Å². The van der Waals surface area contributed by atoms with Gasteiger partial charge in [-0.1, -0.05) is 20.8 Å². The second kappa shape index (κ2) is 5.94. The molecule has 0 atom stereocenters. The van der Waals surface area contributed by atoms with E-state index in [1.165, 1.54) is 0 Å². The van der Waals surface area contributed by atoms with Crippen molar-refractivity contribution in [1.29, 1.82) is 0 Å². The van der Waals surface area contributed by atoms with Crippen molar-refractivity contribution in [2.24, 2.45) is 17.3 Å². The van der Waals surface area contributed by atoms with E-state index in [0.29, 0.717) is 18.3 Å². The molecule has 1 aromatic rings. The molecule has 5 nitrogen and oxygen atoms in total. The summed E-state index contributed by atoms with van der Waals surface area (Å²) in [6.45, 7) is 7.25. The van der Waals surface area contributed by atoms with Crippen molar-refractivity contribution in [3.05, 3.63) is 12.2 Å². The van der Waals surface area contributed by atoms with Gasteiger partial charge in [0.25, 0.3) is 0 Å². The topological polar surface area (TPSA) is 68.0 Å². The molecule has 0 aromatic carbocycles. The maximum absolute atomic E-state index is 11.8. The number of aromatic nitrogens is 3. The van der Waals surface area contributed by atoms with E-state index in [2.05, 4.69) is 30.9 Å². The monoisotopic (exact) mass is 279 g/mol. The molecule has 0 unspecified atom stereocenters. The van der Waals surface area contributed by atoms with Crippen molar-refractivity contribution in [3.63, 3.8) is 0 Å². The Morgan fingerprint density at radius 2 is 2.15 bits per heavy atom. The fraction of sp³-hybridized carbons (Fsp3) is 0.800. The number of nitrogens with zero attached hydrogens (tertiary/aromatic N) is 3. The van der Waals surface area contributed by atoms with E-state index in [4.69, 9.17) is 0 Å². The number of rotatable bonds is 5. The zero-order chi connectivity index (χ0) is 14.8. The molecule has 1 aromatic heterocycles. The van der Waals surface area contributed by atoms with Gasteiger partial charge in [0.2, 0.25) is 0 Å². The summed E-state index contributed by atoms with van der Waals surface area (Å²) in [5, 5.41) is 13.9. The molecule has 1 heterocycles. The summed E-state index contributed by atoms with van der Waals surface area (Å²) in [6.07, 6.45) is 5.52. The first-order valence-corrected chi connectivity index (χ1v) is 7.53. The molecule has 0 saturated heterocycles. The zero-order valence-electron chi connectivity index (χ0n) is 12.7. The van der Waals surface area contributed by atoms with E-state index < -0.39 is 11.4 Å². The minimum absolute atomic E-state index is 0.475. The van der Waals surface area contributed by atoms with Crippen molar-refractivity contribution in [2.75, 3.05) is 0 Å². The molecule has 1 aliphatic rings. The summed E-state index contributed by atoms with van der Waals surface area (Å²) < 4.78 is 1.87. The summed E-state index contributed by atoms with van der Waals surface area (Å²) in [6, 6.07) is 0. The van der Waals surface area contributed by atoms with Crippen LogP contribution in [0.25, 0.3) is 0 Å². The quantitative estimate of drug-likeness (QED) is 0.900. The molecule has 20 heavy (non-hydrogen) atoms. The summed E-state index contributed by atoms with van der Waals surface area (Å²) >= 11 is 0. The minimum Gasteiger partial charge on any atom is -0.481 e. The maximum Gasteiger partial charge on any atom is 0.310 e. The molecule has 2 rings (SSSR count). The average Bonchev–Trinajstić information content (AvgIpc) is 2.78. The molecule has 0 amide bonds. The van der Waals surface area contributed by atoms with Crippen LogP contribution >= 0.6 is 0 Å². The molecular formula is C15H25N3O2. The first kappa shape index (κ1) is 15.0. The lowest BCUT2D eigenvalue weighted by molar-refractivity contribution is -0.151. The number of aliphatic carboxylic acids is 1. The molecule has 1 fully saturated rings. The lowest BCUT2D eigenvalue weighted by atomic mass is 9.69. The number of carbonyl (C=O) groups is 1. The highest BCUT2D eigenvalue weighted by molar-refractivity contribution is 5.75. The highest BCUT2D eigenvalue weighted by atomic mass is 16.4. The van der Waals surface area contributed by atoms with E-state index in [1.54, 1.807) is 6.33 Å². The Kier molecular flexibility index (Phi) is 4.45. The van der Waals surface area contributed by atoms with Gasteiger partial charge in [-0.25, -0.2) is 9.67 Å². The van der Waals surface area contributed by atoms with Gasteiger partial charge in [0, 0.05) is 13.0 Å². The van der Waals surface area contributed by atoms with E-state index >= 15 is 0 Å². The summed E-state index contributed by atoms with van der Waals surface area (Å²) in [5.41, 5.74) is -0.645. The third kappa shape index (κ3) is 3.19. The molecule has 5 heteroatoms. The summed E-state index contributed by atoms with van der Waals surface area (Å²) in [4.78, 5) is 16.1. The van der Waals surface area contributed by atoms with Gasteiger partial charge in [-0.2, -0.15) is 5.10 Å². The maximum atomic E-state index is 11.8. The number of hydrogen-bond donors (Lipinski definition) is 1. The van der Waals surface area contributed by atoms with Crippen molar-refractivity contribution in [3.8, 4) is 0 Å². The SMILES string of the molecule is CC(C)Cn1ncnc1CC1(C(=O)O)CCC(C)CC1. The number of hydrogen-bond acceptors (Lipinski definition) is 3. The van der Waals surface area contributed by atoms with Gasteiger partial charge in [-0.05, 0) is 37.5 Å². The van der Waals surface area contributed by atoms with Crippen LogP contribution in [0.15, 0.2) is 6.33 Å². The van der Waals surface area contributed by atoms with Crippen molar-refractivity contribution < 1.29 is 9.90 Å². The first-order valence-electron chi connectivity index (χ1n) is 7.53. The van der Waals surface area contributed by atoms with Crippen LogP contribution in [0.3, 0.4) is 0 Å². The van der Waals surface area contributed by atoms with Crippen LogP contribution in [0, 0.1) is 17.3 Å². The van der Waals surface area contributed by atoms with Crippen LogP contribution in [0.5, 0.6) is 0 Å². The molecule has 1 saturated carbocycles. The second-order valence-corrected chi connectivity index (χ2v) is 6.70. The van der Waals surface area contributed by atoms with Gasteiger partial charge in [0.15, 0.2) is 0 Å². The highest BCUT2D eigenvalue weighted by Gasteiger charge is 2.42. The lowest BCUT2D eigenvalue weighted by Crippen LogP contribution is -2.38. The Morgan fingerprint density at radius 1 is 1.50 bits per heavy atom. The van der Waals surface area contributed by atoms with Gasteiger partial charge >= 0.3 is 5.97 Å². The van der Waals surface area contributed by atoms with Gasteiger partial charge < -0.3 is 5.11 Å². The predicted molar refractivity (Wildman–Crippen MR) is 76.3 cm³/mol. The molecular weight excluding hydrogens is 254 g/mol. The van der Waals surface area contributed by atoms with Crippen molar-refractivity contribution in [2.45, 2.75) is 59.4 Å². The molecule has 112 valence electrons. The van der Waals surface area contributed by atoms with Crippen LogP contribution in [0.4, 0.5) is 0 Å². The normalized spacial score (nSPS) is 26.9. The van der Waals surface area contributed by atoms with E-state index in [-0.39, 0.29) is 0 Å². The smallest absolute Gasteiger partial charge is 0.310 e. The third-order valence-corrected chi connectivity index (χ3v) is 4.42. The summed E-state index contributed by atoms with van der Waals surface area (Å²) in [5.74, 6) is 1.25. The average molecular weight is 279 g/mol. The Labute approximate surface area is 120 Å². The highest BCUT2D eigenvalue weighted by Crippen LogP contribution is 2.41. The van der Waals surface area contributed by atoms with E-state index in [1.807, 2.05) is 4.68 Å². The van der Waals surface area contributed by atoms with Crippen molar-refractivity contribution >= 4 is 5.97 Å². The minimum atomic E-state index is -0.677. The largest absolute Gasteiger partial charge is 0.481 e. The Hall–Kier alpha value is -1.39. The third-order valence-electron chi connectivity index (χ3n) is 4.42. The van der Waals surface area contributed by atoms with Gasteiger partial charge in [-0.15, -0.1) is 0 Å². The molecule has 0 aliphatic heterocycles. The van der Waals surface area contributed by atoms with Gasteiger partial charge in [0.1, 0.15) is 12.2 Å². The first-order chi connectivity index (χ1) is 9.43.